The lowest BCUT2D eigenvalue weighted by Gasteiger charge is -2.14. The summed E-state index contributed by atoms with van der Waals surface area (Å²) >= 11 is 1.62. The first kappa shape index (κ1) is 17.3. The van der Waals surface area contributed by atoms with Crippen LogP contribution in [0.4, 0.5) is 23.1 Å². The molecule has 2 aliphatic rings. The van der Waals surface area contributed by atoms with Crippen LogP contribution in [0.2, 0.25) is 0 Å². The first-order valence-electron chi connectivity index (χ1n) is 9.53. The normalized spacial score (nSPS) is 14.9. The molecule has 1 aliphatic heterocycles. The molecule has 0 fully saturated rings. The summed E-state index contributed by atoms with van der Waals surface area (Å²) in [7, 11) is 0. The molecule has 144 valence electrons. The Hall–Kier alpha value is -2.52. The van der Waals surface area contributed by atoms with Crippen molar-refractivity contribution in [2.45, 2.75) is 18.9 Å². The second-order valence-electron chi connectivity index (χ2n) is 7.29. The van der Waals surface area contributed by atoms with Crippen molar-refractivity contribution in [3.05, 3.63) is 70.6 Å². The van der Waals surface area contributed by atoms with Gasteiger partial charge >= 0.3 is 0 Å². The van der Waals surface area contributed by atoms with Crippen LogP contribution >= 0.6 is 32.3 Å². The van der Waals surface area contributed by atoms with Crippen LogP contribution in [0, 0.1) is 0 Å². The molecule has 5 nitrogen and oxygen atoms in total. The monoisotopic (exact) mass is 511 g/mol. The van der Waals surface area contributed by atoms with Gasteiger partial charge in [0.05, 0.1) is 15.9 Å². The topological polar surface area (TPSA) is 61.9 Å². The van der Waals surface area contributed by atoms with Crippen molar-refractivity contribution in [1.82, 2.24) is 9.97 Å². The lowest BCUT2D eigenvalue weighted by Crippen LogP contribution is -2.21. The molecule has 0 amide bonds. The zero-order chi connectivity index (χ0) is 19.2. The van der Waals surface area contributed by atoms with E-state index in [4.69, 9.17) is 9.97 Å². The van der Waals surface area contributed by atoms with E-state index >= 15 is 0 Å². The maximum Gasteiger partial charge on any atom is 0.225 e. The van der Waals surface area contributed by atoms with Crippen molar-refractivity contribution in [2.24, 2.45) is 0 Å². The third-order valence-corrected chi connectivity index (χ3v) is 8.12. The summed E-state index contributed by atoms with van der Waals surface area (Å²) < 4.78 is 6.86. The summed E-state index contributed by atoms with van der Waals surface area (Å²) in [6, 6.07) is 17.5. The second kappa shape index (κ2) is 7.07. The Bertz CT molecular complexity index is 1240. The molecule has 0 radical (unpaired) electrons. The van der Waals surface area contributed by atoms with Crippen molar-refractivity contribution in [3.63, 3.8) is 0 Å². The Balaban J connectivity index is 1.30. The fraction of sp³-hybridized carbons (Fsp3) is 0.136. The van der Waals surface area contributed by atoms with Crippen molar-refractivity contribution in [2.75, 3.05) is 14.2 Å². The summed E-state index contributed by atoms with van der Waals surface area (Å²) in [6.45, 7) is 0. The standard InChI is InChI=1S/C22H18IN5S/c1-2-4-14-10-17(9-13(14)3-1)25-22-26-19-7-8-29-20(19)21(27-22)24-16-5-6-18-15(11-16)12-23-28-18/h1-8,11-12,17,28H,9-10H2,(H2,24,25,26,27). The molecule has 29 heavy (non-hydrogen) atoms. The molecule has 6 rings (SSSR count). The minimum absolute atomic E-state index is 0.0520. The van der Waals surface area contributed by atoms with Gasteiger partial charge in [-0.2, -0.15) is 4.98 Å². The molecule has 0 saturated carbocycles. The Labute approximate surface area is 182 Å². The van der Waals surface area contributed by atoms with Crippen molar-refractivity contribution < 1.29 is 0 Å². The number of anilines is 4. The van der Waals surface area contributed by atoms with Crippen LogP contribution in [0.5, 0.6) is 0 Å². The Kier molecular flexibility index (Phi) is 4.23. The molecule has 0 spiro atoms. The first-order valence-corrected chi connectivity index (χ1v) is 12.7. The average Bonchev–Trinajstić information content (AvgIpc) is 3.46. The van der Waals surface area contributed by atoms with Gasteiger partial charge in [-0.15, -0.1) is 11.3 Å². The minimum atomic E-state index is -0.0520. The Morgan fingerprint density at radius 1 is 1.03 bits per heavy atom. The minimum Gasteiger partial charge on any atom is -0.351 e. The average molecular weight is 511 g/mol. The molecule has 7 heteroatoms. The summed E-state index contributed by atoms with van der Waals surface area (Å²) in [5, 5.41) is 9.17. The maximum atomic E-state index is 4.85. The van der Waals surface area contributed by atoms with Crippen molar-refractivity contribution in [3.8, 4) is 0 Å². The fourth-order valence-corrected chi connectivity index (χ4v) is 6.56. The van der Waals surface area contributed by atoms with Crippen LogP contribution in [-0.2, 0) is 12.8 Å². The van der Waals surface area contributed by atoms with Gasteiger partial charge < -0.3 is 14.2 Å². The molecule has 2 aromatic carbocycles. The lowest BCUT2D eigenvalue weighted by molar-refractivity contribution is 0.763. The number of aromatic nitrogens is 2. The number of benzene rings is 2. The highest BCUT2D eigenvalue weighted by Gasteiger charge is 2.22. The SMILES string of the molecule is C1=INc2ccc(Nc3nc(NC4Cc5ccccc5C4)nc4ccsc34)cc21. The lowest BCUT2D eigenvalue weighted by atomic mass is 10.1. The van der Waals surface area contributed by atoms with Gasteiger partial charge in [-0.05, 0) is 78.6 Å². The fourth-order valence-electron chi connectivity index (χ4n) is 3.95. The first-order chi connectivity index (χ1) is 14.3. The van der Waals surface area contributed by atoms with Gasteiger partial charge in [0.25, 0.3) is 0 Å². The molecule has 4 aromatic rings. The molecule has 2 aromatic heterocycles. The predicted molar refractivity (Wildman–Crippen MR) is 131 cm³/mol. The highest BCUT2D eigenvalue weighted by molar-refractivity contribution is 14.2. The zero-order valence-electron chi connectivity index (χ0n) is 15.4. The Morgan fingerprint density at radius 3 is 2.76 bits per heavy atom. The number of nitrogens with one attached hydrogen (secondary N) is 3. The quantitative estimate of drug-likeness (QED) is 0.251. The molecular formula is C22H18IN5S. The van der Waals surface area contributed by atoms with E-state index in [1.54, 1.807) is 11.3 Å². The van der Waals surface area contributed by atoms with Crippen LogP contribution in [0.25, 0.3) is 10.2 Å². The summed E-state index contributed by atoms with van der Waals surface area (Å²) in [5.74, 6) is 1.56. The number of thiophene rings is 1. The van der Waals surface area contributed by atoms with E-state index in [1.165, 1.54) is 22.4 Å². The van der Waals surface area contributed by atoms with E-state index < -0.39 is 0 Å². The van der Waals surface area contributed by atoms with E-state index in [1.807, 2.05) is 0 Å². The molecule has 0 unspecified atom stereocenters. The van der Waals surface area contributed by atoms with Gasteiger partial charge in [-0.25, -0.2) is 4.98 Å². The van der Waals surface area contributed by atoms with E-state index in [0.29, 0.717) is 12.0 Å². The smallest absolute Gasteiger partial charge is 0.225 e. The molecule has 0 saturated heterocycles. The zero-order valence-corrected chi connectivity index (χ0v) is 18.4. The van der Waals surface area contributed by atoms with E-state index in [2.05, 4.69) is 72.1 Å². The highest BCUT2D eigenvalue weighted by atomic mass is 127. The van der Waals surface area contributed by atoms with Crippen molar-refractivity contribution >= 4 is 69.7 Å². The van der Waals surface area contributed by atoms with Gasteiger partial charge in [0.15, 0.2) is 5.82 Å². The molecule has 0 atom stereocenters. The van der Waals surface area contributed by atoms with Gasteiger partial charge in [0.2, 0.25) is 5.95 Å². The van der Waals surface area contributed by atoms with E-state index in [0.717, 1.165) is 34.6 Å². The number of hydrogen-bond donors (Lipinski definition) is 3. The number of rotatable bonds is 4. The van der Waals surface area contributed by atoms with Gasteiger partial charge in [-0.1, -0.05) is 24.3 Å². The second-order valence-corrected chi connectivity index (χ2v) is 9.99. The summed E-state index contributed by atoms with van der Waals surface area (Å²) in [4.78, 5) is 9.60. The third kappa shape index (κ3) is 3.28. The predicted octanol–water partition coefficient (Wildman–Crippen LogP) is 5.48. The van der Waals surface area contributed by atoms with Gasteiger partial charge in [-0.3, -0.25) is 0 Å². The van der Waals surface area contributed by atoms with Crippen LogP contribution < -0.4 is 14.2 Å². The van der Waals surface area contributed by atoms with Crippen LogP contribution in [-0.4, -0.2) is 20.0 Å². The van der Waals surface area contributed by atoms with Gasteiger partial charge in [0.1, 0.15) is 0 Å². The molecule has 3 N–H and O–H groups in total. The van der Waals surface area contributed by atoms with Gasteiger partial charge in [0, 0.05) is 17.3 Å². The number of hydrogen-bond acceptors (Lipinski definition) is 6. The number of halogens is 1. The number of nitrogens with zero attached hydrogens (tertiary/aromatic N) is 2. The van der Waals surface area contributed by atoms with E-state index in [9.17, 15) is 0 Å². The summed E-state index contributed by atoms with van der Waals surface area (Å²) in [6.07, 6.45) is 2.03. The van der Waals surface area contributed by atoms with Crippen LogP contribution in [0.3, 0.4) is 0 Å². The largest absolute Gasteiger partial charge is 0.351 e. The number of fused-ring (bicyclic) bond motifs is 3. The Morgan fingerprint density at radius 2 is 1.90 bits per heavy atom. The third-order valence-electron chi connectivity index (χ3n) is 5.33. The van der Waals surface area contributed by atoms with Crippen LogP contribution in [0.1, 0.15) is 16.7 Å². The molecule has 3 heterocycles. The molecule has 1 aliphatic carbocycles. The summed E-state index contributed by atoms with van der Waals surface area (Å²) in [5.41, 5.74) is 7.39. The molecule has 0 bridgehead atoms. The maximum absolute atomic E-state index is 4.85. The highest BCUT2D eigenvalue weighted by Crippen LogP contribution is 2.33. The van der Waals surface area contributed by atoms with E-state index in [-0.39, 0.29) is 21.0 Å². The van der Waals surface area contributed by atoms with Crippen molar-refractivity contribution in [1.29, 1.82) is 0 Å². The molecular weight excluding hydrogens is 493 g/mol. The van der Waals surface area contributed by atoms with Crippen LogP contribution in [0.15, 0.2) is 53.9 Å².